The molecule has 1 saturated heterocycles. The van der Waals surface area contributed by atoms with Crippen molar-refractivity contribution in [1.82, 2.24) is 14.5 Å². The third kappa shape index (κ3) is 1.75. The number of halogens is 1. The van der Waals surface area contributed by atoms with Gasteiger partial charge in [0.2, 0.25) is 0 Å². The number of aliphatic hydroxyl groups is 3. The Kier molecular flexibility index (Phi) is 2.92. The van der Waals surface area contributed by atoms with E-state index in [1.165, 1.54) is 6.92 Å². The third-order valence-electron chi connectivity index (χ3n) is 3.83. The van der Waals surface area contributed by atoms with Crippen LogP contribution >= 0.6 is 0 Å². The monoisotopic (exact) mass is 298 g/mol. The van der Waals surface area contributed by atoms with E-state index in [2.05, 4.69) is 9.97 Å². The van der Waals surface area contributed by atoms with E-state index in [1.54, 1.807) is 0 Å². The topological polar surface area (TPSA) is 127 Å². The third-order valence-corrected chi connectivity index (χ3v) is 3.83. The number of rotatable bonds is 2. The Balaban J connectivity index is 2.27. The van der Waals surface area contributed by atoms with Gasteiger partial charge in [0, 0.05) is 6.20 Å². The molecule has 0 spiro atoms. The van der Waals surface area contributed by atoms with Gasteiger partial charge in [-0.05, 0) is 6.92 Å². The van der Waals surface area contributed by atoms with Gasteiger partial charge >= 0.3 is 0 Å². The fourth-order valence-electron chi connectivity index (χ4n) is 2.65. The molecule has 0 unspecified atom stereocenters. The van der Waals surface area contributed by atoms with Crippen LogP contribution < -0.4 is 5.73 Å². The maximum Gasteiger partial charge on any atom is 0.198 e. The Bertz CT molecular complexity index is 704. The summed E-state index contributed by atoms with van der Waals surface area (Å²) in [6.45, 7) is 0.453. The van der Waals surface area contributed by atoms with Gasteiger partial charge in [-0.3, -0.25) is 4.57 Å². The first-order valence-corrected chi connectivity index (χ1v) is 6.26. The molecule has 0 aromatic carbocycles. The molecule has 0 radical (unpaired) electrons. The van der Waals surface area contributed by atoms with Crippen LogP contribution in [-0.2, 0) is 10.5 Å². The van der Waals surface area contributed by atoms with E-state index in [4.69, 9.17) is 10.5 Å². The van der Waals surface area contributed by atoms with Gasteiger partial charge < -0.3 is 25.8 Å². The molecule has 3 atom stereocenters. The maximum absolute atomic E-state index is 14.1. The summed E-state index contributed by atoms with van der Waals surface area (Å²) >= 11 is 0. The first kappa shape index (κ1) is 14.1. The van der Waals surface area contributed by atoms with Crippen molar-refractivity contribution >= 4 is 16.9 Å². The predicted octanol–water partition coefficient (Wildman–Crippen LogP) is -1.06. The smallest absolute Gasteiger partial charge is 0.198 e. The fourth-order valence-corrected chi connectivity index (χ4v) is 2.65. The standard InChI is InChI=1S/C12H15FN4O4/c1-11(20)4-21-12(3-18,10(11)19)17-2-6(13)7-8(14)15-5-16-9(7)17/h2,5,10,18-20H,3-4H2,1H3,(H2,14,15,16)/t10-,11-,12-/m0/s1. The minimum absolute atomic E-state index is 0.0346. The molecule has 1 fully saturated rings. The lowest BCUT2D eigenvalue weighted by Gasteiger charge is -2.33. The zero-order chi connectivity index (χ0) is 15.4. The lowest BCUT2D eigenvalue weighted by atomic mass is 9.95. The van der Waals surface area contributed by atoms with Crippen molar-refractivity contribution in [2.24, 2.45) is 0 Å². The molecule has 0 bridgehead atoms. The number of hydrogen-bond donors (Lipinski definition) is 4. The van der Waals surface area contributed by atoms with E-state index in [1.807, 2.05) is 0 Å². The minimum atomic E-state index is -1.74. The number of fused-ring (bicyclic) bond motifs is 1. The Morgan fingerprint density at radius 3 is 2.86 bits per heavy atom. The molecule has 0 aliphatic carbocycles. The van der Waals surface area contributed by atoms with Crippen LogP contribution in [0.4, 0.5) is 10.2 Å². The molecule has 5 N–H and O–H groups in total. The highest BCUT2D eigenvalue weighted by Gasteiger charge is 2.57. The molecule has 3 heterocycles. The molecule has 2 aromatic rings. The van der Waals surface area contributed by atoms with Crippen molar-refractivity contribution < 1.29 is 24.4 Å². The summed E-state index contributed by atoms with van der Waals surface area (Å²) < 4.78 is 20.6. The highest BCUT2D eigenvalue weighted by Crippen LogP contribution is 2.40. The van der Waals surface area contributed by atoms with Gasteiger partial charge in [0.1, 0.15) is 23.9 Å². The van der Waals surface area contributed by atoms with Crippen LogP contribution in [0.1, 0.15) is 6.92 Å². The van der Waals surface area contributed by atoms with Crippen molar-refractivity contribution in [2.75, 3.05) is 18.9 Å². The molecule has 1 aliphatic rings. The molecule has 1 aliphatic heterocycles. The van der Waals surface area contributed by atoms with Gasteiger partial charge in [-0.1, -0.05) is 0 Å². The molecule has 21 heavy (non-hydrogen) atoms. The fraction of sp³-hybridized carbons (Fsp3) is 0.500. The number of hydrogen-bond acceptors (Lipinski definition) is 7. The predicted molar refractivity (Wildman–Crippen MR) is 69.5 cm³/mol. The van der Waals surface area contributed by atoms with Crippen LogP contribution in [0.3, 0.4) is 0 Å². The summed E-state index contributed by atoms with van der Waals surface area (Å²) in [4.78, 5) is 7.63. The Morgan fingerprint density at radius 2 is 2.29 bits per heavy atom. The zero-order valence-corrected chi connectivity index (χ0v) is 11.2. The SMILES string of the molecule is C[C@]1(O)CO[C@](CO)(n2cc(F)c3c(N)ncnc32)[C@H]1O. The van der Waals surface area contributed by atoms with Crippen LogP contribution in [0.15, 0.2) is 12.5 Å². The van der Waals surface area contributed by atoms with Crippen LogP contribution in [0.5, 0.6) is 0 Å². The Labute approximate surface area is 118 Å². The van der Waals surface area contributed by atoms with E-state index in [0.29, 0.717) is 0 Å². The summed E-state index contributed by atoms with van der Waals surface area (Å²) in [6, 6.07) is 0. The summed E-state index contributed by atoms with van der Waals surface area (Å²) in [7, 11) is 0. The highest BCUT2D eigenvalue weighted by atomic mass is 19.1. The quantitative estimate of drug-likeness (QED) is 0.556. The number of nitrogen functional groups attached to an aromatic ring is 1. The molecule has 114 valence electrons. The lowest BCUT2D eigenvalue weighted by Crippen LogP contribution is -2.52. The van der Waals surface area contributed by atoms with Crippen molar-refractivity contribution in [1.29, 1.82) is 0 Å². The Morgan fingerprint density at radius 1 is 1.57 bits per heavy atom. The molecule has 0 amide bonds. The van der Waals surface area contributed by atoms with Crippen molar-refractivity contribution in [3.63, 3.8) is 0 Å². The number of aliphatic hydroxyl groups excluding tert-OH is 2. The number of anilines is 1. The molecule has 2 aromatic heterocycles. The van der Waals surface area contributed by atoms with E-state index in [9.17, 15) is 19.7 Å². The van der Waals surface area contributed by atoms with Crippen LogP contribution in [0, 0.1) is 5.82 Å². The van der Waals surface area contributed by atoms with E-state index in [0.717, 1.165) is 17.1 Å². The first-order chi connectivity index (χ1) is 9.83. The van der Waals surface area contributed by atoms with E-state index < -0.39 is 29.9 Å². The summed E-state index contributed by atoms with van der Waals surface area (Å²) in [5.41, 5.74) is 2.35. The van der Waals surface area contributed by atoms with Crippen molar-refractivity contribution in [2.45, 2.75) is 24.4 Å². The van der Waals surface area contributed by atoms with E-state index in [-0.39, 0.29) is 23.5 Å². The van der Waals surface area contributed by atoms with Gasteiger partial charge in [-0.15, -0.1) is 0 Å². The Hall–Kier alpha value is -1.81. The summed E-state index contributed by atoms with van der Waals surface area (Å²) in [5, 5.41) is 30.0. The van der Waals surface area contributed by atoms with Gasteiger partial charge in [0.05, 0.1) is 18.6 Å². The largest absolute Gasteiger partial charge is 0.391 e. The second kappa shape index (κ2) is 4.34. The van der Waals surface area contributed by atoms with Gasteiger partial charge in [-0.2, -0.15) is 0 Å². The van der Waals surface area contributed by atoms with Crippen LogP contribution in [-0.4, -0.2) is 54.8 Å². The molecule has 0 saturated carbocycles. The average molecular weight is 298 g/mol. The molecular formula is C12H15FN4O4. The number of aromatic nitrogens is 3. The maximum atomic E-state index is 14.1. The lowest BCUT2D eigenvalue weighted by molar-refractivity contribution is -0.155. The van der Waals surface area contributed by atoms with Gasteiger partial charge in [-0.25, -0.2) is 14.4 Å². The minimum Gasteiger partial charge on any atom is -0.391 e. The summed E-state index contributed by atoms with van der Waals surface area (Å²) in [5.74, 6) is -0.776. The average Bonchev–Trinajstić information content (AvgIpc) is 2.89. The highest BCUT2D eigenvalue weighted by molar-refractivity contribution is 5.87. The van der Waals surface area contributed by atoms with Crippen LogP contribution in [0.2, 0.25) is 0 Å². The summed E-state index contributed by atoms with van der Waals surface area (Å²) in [6.07, 6.45) is 0.663. The second-order valence-electron chi connectivity index (χ2n) is 5.36. The van der Waals surface area contributed by atoms with Crippen molar-refractivity contribution in [3.8, 4) is 0 Å². The van der Waals surface area contributed by atoms with E-state index >= 15 is 0 Å². The molecule has 8 nitrogen and oxygen atoms in total. The zero-order valence-electron chi connectivity index (χ0n) is 11.2. The first-order valence-electron chi connectivity index (χ1n) is 6.26. The number of ether oxygens (including phenoxy) is 1. The molecule has 9 heteroatoms. The molecule has 3 rings (SSSR count). The number of nitrogens with zero attached hydrogens (tertiary/aromatic N) is 3. The van der Waals surface area contributed by atoms with Crippen LogP contribution in [0.25, 0.3) is 11.0 Å². The normalized spacial score (nSPS) is 32.9. The van der Waals surface area contributed by atoms with Crippen molar-refractivity contribution in [3.05, 3.63) is 18.3 Å². The second-order valence-corrected chi connectivity index (χ2v) is 5.36. The van der Waals surface area contributed by atoms with Gasteiger partial charge in [0.15, 0.2) is 17.2 Å². The molecular weight excluding hydrogens is 283 g/mol. The van der Waals surface area contributed by atoms with Gasteiger partial charge in [0.25, 0.3) is 0 Å². The number of nitrogens with two attached hydrogens (primary N) is 1.